The standard InChI is InChI=1S/C21H19ClN6/c1-13-5-10-16-17(27-13)3-2-4-18(16)28-21-19(23)20(25-12-26-21)24-11-14-6-8-15(22)9-7-14/h2-10,12H,11,23H2,1H3,(H2,24,25,26,28). The predicted octanol–water partition coefficient (Wildman–Crippen LogP) is 4.92. The summed E-state index contributed by atoms with van der Waals surface area (Å²) in [6.45, 7) is 2.55. The SMILES string of the molecule is Cc1ccc2c(Nc3ncnc(NCc4ccc(Cl)cc4)c3N)cccc2n1. The van der Waals surface area contributed by atoms with Crippen molar-refractivity contribution in [3.05, 3.63) is 77.2 Å². The van der Waals surface area contributed by atoms with Gasteiger partial charge in [-0.2, -0.15) is 0 Å². The number of nitrogen functional groups attached to an aromatic ring is 1. The number of anilines is 4. The van der Waals surface area contributed by atoms with Crippen molar-refractivity contribution >= 4 is 45.5 Å². The molecule has 0 unspecified atom stereocenters. The van der Waals surface area contributed by atoms with Crippen molar-refractivity contribution in [3.8, 4) is 0 Å². The first-order chi connectivity index (χ1) is 13.6. The van der Waals surface area contributed by atoms with Gasteiger partial charge in [-0.15, -0.1) is 0 Å². The summed E-state index contributed by atoms with van der Waals surface area (Å²) in [4.78, 5) is 13.1. The van der Waals surface area contributed by atoms with Gasteiger partial charge in [0.2, 0.25) is 0 Å². The number of halogens is 1. The normalized spacial score (nSPS) is 10.8. The fourth-order valence-corrected chi connectivity index (χ4v) is 3.04. The molecule has 0 amide bonds. The molecule has 0 atom stereocenters. The zero-order valence-electron chi connectivity index (χ0n) is 15.3. The Balaban J connectivity index is 1.58. The van der Waals surface area contributed by atoms with Crippen molar-refractivity contribution in [3.63, 3.8) is 0 Å². The van der Waals surface area contributed by atoms with E-state index in [4.69, 9.17) is 17.3 Å². The van der Waals surface area contributed by atoms with E-state index < -0.39 is 0 Å². The van der Waals surface area contributed by atoms with Gasteiger partial charge in [0.1, 0.15) is 12.0 Å². The summed E-state index contributed by atoms with van der Waals surface area (Å²) < 4.78 is 0. The molecule has 2 aromatic carbocycles. The van der Waals surface area contributed by atoms with Crippen LogP contribution in [0.5, 0.6) is 0 Å². The van der Waals surface area contributed by atoms with Crippen LogP contribution < -0.4 is 16.4 Å². The highest BCUT2D eigenvalue weighted by Crippen LogP contribution is 2.30. The van der Waals surface area contributed by atoms with Gasteiger partial charge in [-0.3, -0.25) is 4.98 Å². The molecule has 7 heteroatoms. The first-order valence-corrected chi connectivity index (χ1v) is 9.20. The largest absolute Gasteiger partial charge is 0.393 e. The number of hydrogen-bond donors (Lipinski definition) is 3. The molecule has 6 nitrogen and oxygen atoms in total. The van der Waals surface area contributed by atoms with Crippen molar-refractivity contribution in [1.29, 1.82) is 0 Å². The van der Waals surface area contributed by atoms with E-state index in [1.165, 1.54) is 6.33 Å². The number of aromatic nitrogens is 3. The third-order valence-electron chi connectivity index (χ3n) is 4.38. The average Bonchev–Trinajstić information content (AvgIpc) is 2.70. The van der Waals surface area contributed by atoms with Crippen LogP contribution in [0.3, 0.4) is 0 Å². The Morgan fingerprint density at radius 2 is 1.75 bits per heavy atom. The fraction of sp³-hybridized carbons (Fsp3) is 0.0952. The average molecular weight is 391 g/mol. The lowest BCUT2D eigenvalue weighted by molar-refractivity contribution is 1.09. The molecule has 0 aliphatic heterocycles. The van der Waals surface area contributed by atoms with E-state index >= 15 is 0 Å². The number of aryl methyl sites for hydroxylation is 1. The zero-order chi connectivity index (χ0) is 19.5. The molecule has 0 bridgehead atoms. The van der Waals surface area contributed by atoms with Crippen LogP contribution >= 0.6 is 11.6 Å². The van der Waals surface area contributed by atoms with E-state index in [1.807, 2.05) is 61.5 Å². The first-order valence-electron chi connectivity index (χ1n) is 8.82. The Bertz CT molecular complexity index is 1130. The van der Waals surface area contributed by atoms with Crippen molar-refractivity contribution < 1.29 is 0 Å². The van der Waals surface area contributed by atoms with E-state index in [-0.39, 0.29) is 0 Å². The Kier molecular flexibility index (Phi) is 4.95. The molecule has 28 heavy (non-hydrogen) atoms. The van der Waals surface area contributed by atoms with E-state index in [1.54, 1.807) is 0 Å². The van der Waals surface area contributed by atoms with Gasteiger partial charge in [-0.1, -0.05) is 29.8 Å². The van der Waals surface area contributed by atoms with Gasteiger partial charge < -0.3 is 16.4 Å². The van der Waals surface area contributed by atoms with Gasteiger partial charge in [0.15, 0.2) is 11.6 Å². The maximum absolute atomic E-state index is 6.30. The smallest absolute Gasteiger partial charge is 0.159 e. The van der Waals surface area contributed by atoms with Crippen LogP contribution in [0.2, 0.25) is 5.02 Å². The Hall–Kier alpha value is -3.38. The lowest BCUT2D eigenvalue weighted by Gasteiger charge is -2.14. The number of fused-ring (bicyclic) bond motifs is 1. The molecule has 4 aromatic rings. The summed E-state index contributed by atoms with van der Waals surface area (Å²) in [7, 11) is 0. The molecule has 0 aliphatic carbocycles. The number of nitrogens with zero attached hydrogens (tertiary/aromatic N) is 3. The van der Waals surface area contributed by atoms with Gasteiger partial charge >= 0.3 is 0 Å². The summed E-state index contributed by atoms with van der Waals surface area (Å²) in [5, 5.41) is 8.26. The number of nitrogens with one attached hydrogen (secondary N) is 2. The van der Waals surface area contributed by atoms with Gasteiger partial charge in [0, 0.05) is 28.3 Å². The van der Waals surface area contributed by atoms with Crippen LogP contribution in [0.15, 0.2) is 60.9 Å². The summed E-state index contributed by atoms with van der Waals surface area (Å²) in [6.07, 6.45) is 1.48. The van der Waals surface area contributed by atoms with Crippen LogP contribution in [0.1, 0.15) is 11.3 Å². The number of benzene rings is 2. The van der Waals surface area contributed by atoms with Crippen molar-refractivity contribution in [2.45, 2.75) is 13.5 Å². The second-order valence-corrected chi connectivity index (χ2v) is 6.85. The summed E-state index contributed by atoms with van der Waals surface area (Å²) in [6, 6.07) is 17.5. The molecule has 0 saturated heterocycles. The minimum absolute atomic E-state index is 0.452. The number of pyridine rings is 1. The maximum atomic E-state index is 6.30. The van der Waals surface area contributed by atoms with E-state index in [2.05, 4.69) is 25.6 Å². The van der Waals surface area contributed by atoms with Gasteiger partial charge in [0.25, 0.3) is 0 Å². The molecule has 0 aliphatic rings. The Labute approximate surface area is 167 Å². The molecule has 4 rings (SSSR count). The van der Waals surface area contributed by atoms with E-state index in [9.17, 15) is 0 Å². The summed E-state index contributed by atoms with van der Waals surface area (Å²) in [5.41, 5.74) is 10.6. The molecule has 0 spiro atoms. The van der Waals surface area contributed by atoms with Crippen LogP contribution in [-0.2, 0) is 6.54 Å². The molecule has 0 saturated carbocycles. The quantitative estimate of drug-likeness (QED) is 0.448. The highest BCUT2D eigenvalue weighted by atomic mass is 35.5. The molecular formula is C21H19ClN6. The van der Waals surface area contributed by atoms with Gasteiger partial charge in [0.05, 0.1) is 5.52 Å². The third-order valence-corrected chi connectivity index (χ3v) is 4.63. The minimum atomic E-state index is 0.452. The van der Waals surface area contributed by atoms with Crippen molar-refractivity contribution in [2.24, 2.45) is 0 Å². The second kappa shape index (κ2) is 7.70. The highest BCUT2D eigenvalue weighted by Gasteiger charge is 2.10. The molecule has 0 fully saturated rings. The van der Waals surface area contributed by atoms with Crippen molar-refractivity contribution in [1.82, 2.24) is 15.0 Å². The highest BCUT2D eigenvalue weighted by molar-refractivity contribution is 6.30. The van der Waals surface area contributed by atoms with E-state index in [0.717, 1.165) is 27.8 Å². The second-order valence-electron chi connectivity index (χ2n) is 6.41. The van der Waals surface area contributed by atoms with Crippen molar-refractivity contribution in [2.75, 3.05) is 16.4 Å². The first kappa shape index (κ1) is 18.0. The monoisotopic (exact) mass is 390 g/mol. The molecule has 2 aromatic heterocycles. The van der Waals surface area contributed by atoms with E-state index in [0.29, 0.717) is 28.9 Å². The van der Waals surface area contributed by atoms with Gasteiger partial charge in [-0.25, -0.2) is 9.97 Å². The Morgan fingerprint density at radius 3 is 2.57 bits per heavy atom. The summed E-state index contributed by atoms with van der Waals surface area (Å²) in [5.74, 6) is 1.11. The lowest BCUT2D eigenvalue weighted by Crippen LogP contribution is -2.08. The van der Waals surface area contributed by atoms with Gasteiger partial charge in [-0.05, 0) is 48.9 Å². The predicted molar refractivity (Wildman–Crippen MR) is 115 cm³/mol. The molecule has 4 N–H and O–H groups in total. The van der Waals surface area contributed by atoms with Crippen LogP contribution in [0, 0.1) is 6.92 Å². The zero-order valence-corrected chi connectivity index (χ0v) is 16.0. The maximum Gasteiger partial charge on any atom is 0.159 e. The fourth-order valence-electron chi connectivity index (χ4n) is 2.92. The molecular weight excluding hydrogens is 372 g/mol. The molecule has 0 radical (unpaired) electrons. The van der Waals surface area contributed by atoms with Crippen LogP contribution in [0.25, 0.3) is 10.9 Å². The molecule has 140 valence electrons. The molecule has 2 heterocycles. The van der Waals surface area contributed by atoms with Crippen LogP contribution in [-0.4, -0.2) is 15.0 Å². The summed E-state index contributed by atoms with van der Waals surface area (Å²) >= 11 is 5.93. The van der Waals surface area contributed by atoms with Crippen LogP contribution in [0.4, 0.5) is 23.0 Å². The minimum Gasteiger partial charge on any atom is -0.393 e. The topological polar surface area (TPSA) is 88.8 Å². The number of rotatable bonds is 5. The lowest BCUT2D eigenvalue weighted by atomic mass is 10.1. The third kappa shape index (κ3) is 3.82. The number of nitrogens with two attached hydrogens (primary N) is 1. The number of hydrogen-bond acceptors (Lipinski definition) is 6. The Morgan fingerprint density at radius 1 is 0.964 bits per heavy atom.